The third-order valence-electron chi connectivity index (χ3n) is 2.78. The molecule has 0 aliphatic rings. The summed E-state index contributed by atoms with van der Waals surface area (Å²) in [5, 5.41) is 7.53. The van der Waals surface area contributed by atoms with Crippen molar-refractivity contribution in [2.24, 2.45) is 17.6 Å². The number of benzene rings is 1. The summed E-state index contributed by atoms with van der Waals surface area (Å²) in [4.78, 5) is 11.2. The zero-order valence-corrected chi connectivity index (χ0v) is 10.8. The second kappa shape index (κ2) is 6.79. The highest BCUT2D eigenvalue weighted by atomic mass is 16.5. The molecule has 0 saturated carbocycles. The Morgan fingerprint density at radius 2 is 2.00 bits per heavy atom. The van der Waals surface area contributed by atoms with Gasteiger partial charge in [0, 0.05) is 5.71 Å². The van der Waals surface area contributed by atoms with Crippen LogP contribution < -0.4 is 10.5 Å². The van der Waals surface area contributed by atoms with Crippen molar-refractivity contribution in [2.75, 3.05) is 6.61 Å². The number of nitrogens with one attached hydrogen (secondary N) is 1. The minimum absolute atomic E-state index is 0.169. The second-order valence-corrected chi connectivity index (χ2v) is 4.60. The Bertz CT molecular complexity index is 390. The van der Waals surface area contributed by atoms with Gasteiger partial charge in [-0.15, -0.1) is 0 Å². The Kier molecular flexibility index (Phi) is 5.36. The number of nitrogens with two attached hydrogens (primary N) is 1. The highest BCUT2D eigenvalue weighted by Gasteiger charge is 2.20. The fourth-order valence-corrected chi connectivity index (χ4v) is 1.73. The third kappa shape index (κ3) is 4.57. The van der Waals surface area contributed by atoms with Crippen LogP contribution in [0.15, 0.2) is 30.3 Å². The van der Waals surface area contributed by atoms with E-state index in [2.05, 4.69) is 0 Å². The summed E-state index contributed by atoms with van der Waals surface area (Å²) in [5.41, 5.74) is 5.59. The van der Waals surface area contributed by atoms with E-state index in [4.69, 9.17) is 15.9 Å². The smallest absolute Gasteiger partial charge is 0.226 e. The molecule has 1 aromatic carbocycles. The normalized spacial score (nSPS) is 13.7. The molecule has 0 heterocycles. The van der Waals surface area contributed by atoms with Crippen molar-refractivity contribution in [3.8, 4) is 5.75 Å². The summed E-state index contributed by atoms with van der Waals surface area (Å²) in [6.07, 6.45) is 0.553. The standard InChI is InChI=1S/C14H20N2O2/c1-10(8-13(11(2)15)14(16)17)9-18-12-6-4-3-5-7-12/h3-7,10,13,15H,8-9H2,1-2H3,(H2,16,17). The molecule has 0 aliphatic heterocycles. The SMILES string of the molecule is CC(=N)C(CC(C)COc1ccccc1)C(N)=O. The lowest BCUT2D eigenvalue weighted by molar-refractivity contribution is -0.120. The van der Waals surface area contributed by atoms with Crippen LogP contribution in [0.5, 0.6) is 5.75 Å². The van der Waals surface area contributed by atoms with E-state index in [1.54, 1.807) is 6.92 Å². The highest BCUT2D eigenvalue weighted by Crippen LogP contribution is 2.16. The van der Waals surface area contributed by atoms with Gasteiger partial charge in [0.15, 0.2) is 0 Å². The van der Waals surface area contributed by atoms with Crippen LogP contribution in [0.2, 0.25) is 0 Å². The Labute approximate surface area is 108 Å². The van der Waals surface area contributed by atoms with E-state index in [1.165, 1.54) is 0 Å². The average Bonchev–Trinajstić information content (AvgIpc) is 2.34. The predicted molar refractivity (Wildman–Crippen MR) is 71.8 cm³/mol. The first-order valence-corrected chi connectivity index (χ1v) is 6.03. The van der Waals surface area contributed by atoms with E-state index in [0.29, 0.717) is 18.7 Å². The first kappa shape index (κ1) is 14.2. The molecule has 1 amide bonds. The molecule has 0 fully saturated rings. The zero-order valence-electron chi connectivity index (χ0n) is 10.8. The van der Waals surface area contributed by atoms with Crippen molar-refractivity contribution >= 4 is 11.6 Å². The molecule has 0 aromatic heterocycles. The van der Waals surface area contributed by atoms with Crippen LogP contribution in [0.1, 0.15) is 20.3 Å². The molecule has 0 saturated heterocycles. The average molecular weight is 248 g/mol. The molecule has 2 atom stereocenters. The maximum absolute atomic E-state index is 11.2. The second-order valence-electron chi connectivity index (χ2n) is 4.60. The van der Waals surface area contributed by atoms with Crippen LogP contribution in [0.4, 0.5) is 0 Å². The van der Waals surface area contributed by atoms with Crippen LogP contribution in [0, 0.1) is 17.2 Å². The molecule has 0 spiro atoms. The molecule has 4 heteroatoms. The minimum atomic E-state index is -0.487. The van der Waals surface area contributed by atoms with Gasteiger partial charge in [0.25, 0.3) is 0 Å². The monoisotopic (exact) mass is 248 g/mol. The molecule has 18 heavy (non-hydrogen) atoms. The van der Waals surface area contributed by atoms with E-state index in [9.17, 15) is 4.79 Å². The lowest BCUT2D eigenvalue weighted by Gasteiger charge is -2.18. The quantitative estimate of drug-likeness (QED) is 0.726. The topological polar surface area (TPSA) is 76.2 Å². The number of primary amides is 1. The Morgan fingerprint density at radius 1 is 1.39 bits per heavy atom. The molecule has 2 unspecified atom stereocenters. The van der Waals surface area contributed by atoms with Gasteiger partial charge in [0.05, 0.1) is 12.5 Å². The van der Waals surface area contributed by atoms with Crippen molar-refractivity contribution in [1.82, 2.24) is 0 Å². The third-order valence-corrected chi connectivity index (χ3v) is 2.78. The van der Waals surface area contributed by atoms with E-state index >= 15 is 0 Å². The number of carbonyl (C=O) groups is 1. The Morgan fingerprint density at radius 3 is 2.50 bits per heavy atom. The molecular formula is C14H20N2O2. The van der Waals surface area contributed by atoms with Crippen LogP contribution in [0.25, 0.3) is 0 Å². The maximum atomic E-state index is 11.2. The van der Waals surface area contributed by atoms with Crippen molar-refractivity contribution in [3.63, 3.8) is 0 Å². The number of rotatable bonds is 7. The predicted octanol–water partition coefficient (Wildman–Crippen LogP) is 2.23. The summed E-state index contributed by atoms with van der Waals surface area (Å²) in [7, 11) is 0. The van der Waals surface area contributed by atoms with Crippen molar-refractivity contribution in [1.29, 1.82) is 5.41 Å². The van der Waals surface area contributed by atoms with Crippen LogP contribution in [-0.4, -0.2) is 18.2 Å². The molecular weight excluding hydrogens is 228 g/mol. The van der Waals surface area contributed by atoms with Gasteiger partial charge in [-0.1, -0.05) is 25.1 Å². The number of ether oxygens (including phenoxy) is 1. The van der Waals surface area contributed by atoms with Crippen molar-refractivity contribution < 1.29 is 9.53 Å². The molecule has 0 bridgehead atoms. The lowest BCUT2D eigenvalue weighted by atomic mass is 9.92. The Balaban J connectivity index is 2.44. The summed E-state index contributed by atoms with van der Waals surface area (Å²) in [6.45, 7) is 4.11. The van der Waals surface area contributed by atoms with Crippen LogP contribution in [-0.2, 0) is 4.79 Å². The van der Waals surface area contributed by atoms with Gasteiger partial charge in [-0.25, -0.2) is 0 Å². The van der Waals surface area contributed by atoms with Crippen molar-refractivity contribution in [3.05, 3.63) is 30.3 Å². The highest BCUT2D eigenvalue weighted by molar-refractivity contribution is 6.00. The molecule has 0 radical (unpaired) electrons. The van der Waals surface area contributed by atoms with E-state index in [0.717, 1.165) is 5.75 Å². The van der Waals surface area contributed by atoms with Crippen LogP contribution >= 0.6 is 0 Å². The minimum Gasteiger partial charge on any atom is -0.493 e. The first-order valence-electron chi connectivity index (χ1n) is 6.03. The number of hydrogen-bond donors (Lipinski definition) is 2. The summed E-state index contributed by atoms with van der Waals surface area (Å²) in [6, 6.07) is 9.53. The Hall–Kier alpha value is -1.84. The van der Waals surface area contributed by atoms with Crippen LogP contribution in [0.3, 0.4) is 0 Å². The van der Waals surface area contributed by atoms with Gasteiger partial charge >= 0.3 is 0 Å². The molecule has 1 aromatic rings. The van der Waals surface area contributed by atoms with E-state index in [-0.39, 0.29) is 5.92 Å². The summed E-state index contributed by atoms with van der Waals surface area (Å²) < 4.78 is 5.61. The zero-order chi connectivity index (χ0) is 13.5. The van der Waals surface area contributed by atoms with Crippen molar-refractivity contribution in [2.45, 2.75) is 20.3 Å². The van der Waals surface area contributed by atoms with Gasteiger partial charge in [0.1, 0.15) is 5.75 Å². The van der Waals surface area contributed by atoms with Gasteiger partial charge in [0.2, 0.25) is 5.91 Å². The molecule has 98 valence electrons. The number of para-hydroxylation sites is 1. The lowest BCUT2D eigenvalue weighted by Crippen LogP contribution is -2.31. The summed E-state index contributed by atoms with van der Waals surface area (Å²) in [5.74, 6) is 0.0583. The number of carbonyl (C=O) groups excluding carboxylic acids is 1. The molecule has 1 rings (SSSR count). The van der Waals surface area contributed by atoms with Gasteiger partial charge in [-0.05, 0) is 31.4 Å². The first-order chi connectivity index (χ1) is 8.50. The maximum Gasteiger partial charge on any atom is 0.226 e. The molecule has 0 aliphatic carbocycles. The molecule has 3 N–H and O–H groups in total. The number of hydrogen-bond acceptors (Lipinski definition) is 3. The van der Waals surface area contributed by atoms with Gasteiger partial charge < -0.3 is 15.9 Å². The van der Waals surface area contributed by atoms with Gasteiger partial charge in [-0.3, -0.25) is 4.79 Å². The fraction of sp³-hybridized carbons (Fsp3) is 0.429. The van der Waals surface area contributed by atoms with E-state index in [1.807, 2.05) is 37.3 Å². The van der Waals surface area contributed by atoms with E-state index < -0.39 is 11.8 Å². The largest absolute Gasteiger partial charge is 0.493 e. The fourth-order valence-electron chi connectivity index (χ4n) is 1.73. The van der Waals surface area contributed by atoms with Gasteiger partial charge in [-0.2, -0.15) is 0 Å². The summed E-state index contributed by atoms with van der Waals surface area (Å²) >= 11 is 0. The number of amides is 1. The molecule has 4 nitrogen and oxygen atoms in total.